The van der Waals surface area contributed by atoms with Crippen LogP contribution in [0.1, 0.15) is 5.56 Å². The van der Waals surface area contributed by atoms with Crippen LogP contribution in [0.3, 0.4) is 0 Å². The molecule has 0 saturated carbocycles. The summed E-state index contributed by atoms with van der Waals surface area (Å²) >= 11 is 0. The van der Waals surface area contributed by atoms with E-state index in [2.05, 4.69) is 77.2 Å². The van der Waals surface area contributed by atoms with Crippen molar-refractivity contribution in [1.29, 1.82) is 0 Å². The molecule has 0 aliphatic rings. The van der Waals surface area contributed by atoms with Crippen molar-refractivity contribution < 1.29 is 13.0 Å². The molecule has 0 saturated heterocycles. The van der Waals surface area contributed by atoms with E-state index in [0.717, 1.165) is 5.56 Å². The molecule has 0 unspecified atom stereocenters. The summed E-state index contributed by atoms with van der Waals surface area (Å²) in [4.78, 5) is 0. The van der Waals surface area contributed by atoms with E-state index in [1.807, 2.05) is 12.1 Å². The molecule has 0 fully saturated rings. The van der Waals surface area contributed by atoms with Gasteiger partial charge in [0, 0.05) is 0 Å². The zero-order chi connectivity index (χ0) is 18.6. The molecular weight excluding hydrogens is 365 g/mol. The Morgan fingerprint density at radius 1 is 0.917 bits per heavy atom. The van der Waals surface area contributed by atoms with Crippen LogP contribution in [0.5, 0.6) is 0 Å². The van der Waals surface area contributed by atoms with Crippen molar-refractivity contribution in [2.45, 2.75) is 58.3 Å². The van der Waals surface area contributed by atoms with Crippen molar-refractivity contribution in [1.82, 2.24) is 0 Å². The van der Waals surface area contributed by atoms with Gasteiger partial charge in [-0.2, -0.15) is 0 Å². The lowest BCUT2D eigenvalue weighted by Crippen LogP contribution is -2.51. The largest absolute Gasteiger partial charge is 0.449 e. The third-order valence-corrected chi connectivity index (χ3v) is 10.2. The smallest absolute Gasteiger partial charge is 0.284 e. The summed E-state index contributed by atoms with van der Waals surface area (Å²) in [6, 6.07) is 8.36. The third-order valence-electron chi connectivity index (χ3n) is 3.16. The lowest BCUT2D eigenvalue weighted by molar-refractivity contribution is 0.0529. The molecule has 0 aromatic heterocycles. The molecule has 0 N–H and O–H groups in total. The summed E-state index contributed by atoms with van der Waals surface area (Å²) in [6.45, 7) is 21.5. The monoisotopic (exact) mass is 396 g/mol. The molecule has 134 valence electrons. The highest BCUT2D eigenvalue weighted by molar-refractivity contribution is 6.87. The number of benzene rings is 1. The molecule has 0 amide bonds. The highest BCUT2D eigenvalue weighted by Gasteiger charge is 2.33. The summed E-state index contributed by atoms with van der Waals surface area (Å²) in [7, 11) is -5.23. The van der Waals surface area contributed by atoms with Gasteiger partial charge in [-0.25, -0.2) is 0 Å². The van der Waals surface area contributed by atoms with Gasteiger partial charge in [-0.1, -0.05) is 36.9 Å². The lowest BCUT2D eigenvalue weighted by Gasteiger charge is -2.33. The average Bonchev–Trinajstić information content (AvgIpc) is 2.41. The maximum Gasteiger partial charge on any atom is 0.284 e. The Bertz CT molecular complexity index is 532. The van der Waals surface area contributed by atoms with Crippen LogP contribution in [-0.4, -0.2) is 40.6 Å². The molecule has 2 radical (unpaired) electrons. The maximum atomic E-state index is 6.43. The first-order valence-corrected chi connectivity index (χ1v) is 19.1. The van der Waals surface area contributed by atoms with Crippen LogP contribution >= 0.6 is 0 Å². The van der Waals surface area contributed by atoms with Gasteiger partial charge in [-0.05, 0) is 63.1 Å². The van der Waals surface area contributed by atoms with Crippen molar-refractivity contribution in [3.63, 3.8) is 0 Å². The fourth-order valence-corrected chi connectivity index (χ4v) is 9.55. The second-order valence-corrected chi connectivity index (χ2v) is 22.3. The lowest BCUT2D eigenvalue weighted by atomic mass is 10.2. The standard InChI is InChI=1S/C17H32O3Si4/c1-10-15-13-11-12-14-16(15)24(8,9)20-21-17(18-22(2,3)4)19-23(5,6)7/h10-14,17H,1H2,2-9H3. The Morgan fingerprint density at radius 2 is 1.42 bits per heavy atom. The SMILES string of the molecule is C=Cc1ccccc1[Si](C)(C)O[Si]C(O[Si](C)(C)C)O[Si](C)(C)C. The van der Waals surface area contributed by atoms with Crippen LogP contribution in [-0.2, 0) is 13.0 Å². The zero-order valence-electron chi connectivity index (χ0n) is 16.4. The van der Waals surface area contributed by atoms with Gasteiger partial charge < -0.3 is 13.0 Å². The number of rotatable bonds is 9. The van der Waals surface area contributed by atoms with E-state index in [1.54, 1.807) is 0 Å². The van der Waals surface area contributed by atoms with Crippen molar-refractivity contribution in [3.05, 3.63) is 36.4 Å². The van der Waals surface area contributed by atoms with Gasteiger partial charge >= 0.3 is 0 Å². The van der Waals surface area contributed by atoms with E-state index < -0.39 is 25.0 Å². The number of hydrogen-bond acceptors (Lipinski definition) is 3. The van der Waals surface area contributed by atoms with E-state index in [0.29, 0.717) is 0 Å². The summed E-state index contributed by atoms with van der Waals surface area (Å²) < 4.78 is 18.9. The Kier molecular flexibility index (Phi) is 7.61. The highest BCUT2D eigenvalue weighted by Crippen LogP contribution is 2.16. The topological polar surface area (TPSA) is 27.7 Å². The molecular formula is C17H32O3Si4. The predicted molar refractivity (Wildman–Crippen MR) is 113 cm³/mol. The maximum absolute atomic E-state index is 6.43. The van der Waals surface area contributed by atoms with Gasteiger partial charge in [-0.3, -0.25) is 0 Å². The van der Waals surface area contributed by atoms with Gasteiger partial charge in [0.2, 0.25) is 8.32 Å². The van der Waals surface area contributed by atoms with Crippen molar-refractivity contribution in [2.24, 2.45) is 0 Å². The minimum atomic E-state index is -2.05. The van der Waals surface area contributed by atoms with E-state index in [1.165, 1.54) is 5.19 Å². The molecule has 0 bridgehead atoms. The highest BCUT2D eigenvalue weighted by atomic mass is 28.4. The van der Waals surface area contributed by atoms with Crippen LogP contribution in [0.2, 0.25) is 52.4 Å². The van der Waals surface area contributed by atoms with Crippen LogP contribution in [0.15, 0.2) is 30.8 Å². The zero-order valence-corrected chi connectivity index (χ0v) is 20.4. The molecule has 0 spiro atoms. The van der Waals surface area contributed by atoms with Crippen LogP contribution in [0.25, 0.3) is 6.08 Å². The van der Waals surface area contributed by atoms with Crippen molar-refractivity contribution in [3.8, 4) is 0 Å². The molecule has 1 aromatic carbocycles. The first kappa shape index (κ1) is 21.7. The van der Waals surface area contributed by atoms with Gasteiger partial charge in [0.15, 0.2) is 16.6 Å². The molecule has 0 atom stereocenters. The van der Waals surface area contributed by atoms with E-state index in [4.69, 9.17) is 13.0 Å². The molecule has 1 aromatic rings. The molecule has 0 aliphatic heterocycles. The van der Waals surface area contributed by atoms with E-state index in [-0.39, 0.29) is 15.7 Å². The second-order valence-electron chi connectivity index (χ2n) is 8.31. The molecule has 0 aliphatic carbocycles. The molecule has 0 heterocycles. The molecule has 3 nitrogen and oxygen atoms in total. The average molecular weight is 397 g/mol. The van der Waals surface area contributed by atoms with Gasteiger partial charge in [0.25, 0.3) is 9.76 Å². The Labute approximate surface area is 153 Å². The predicted octanol–water partition coefficient (Wildman–Crippen LogP) is 4.36. The van der Waals surface area contributed by atoms with Crippen molar-refractivity contribution in [2.75, 3.05) is 0 Å². The normalized spacial score (nSPS) is 13.4. The summed E-state index contributed by atoms with van der Waals surface area (Å²) in [5.41, 5.74) is 1.16. The molecule has 24 heavy (non-hydrogen) atoms. The van der Waals surface area contributed by atoms with E-state index >= 15 is 0 Å². The Balaban J connectivity index is 2.89. The van der Waals surface area contributed by atoms with Gasteiger partial charge in [0.05, 0.1) is 0 Å². The van der Waals surface area contributed by atoms with Crippen LogP contribution in [0, 0.1) is 0 Å². The summed E-state index contributed by atoms with van der Waals surface area (Å²) in [6.07, 6.45) is 1.91. The minimum Gasteiger partial charge on any atom is -0.449 e. The number of hydrogen-bond donors (Lipinski definition) is 0. The quantitative estimate of drug-likeness (QED) is 0.458. The Hall–Kier alpha value is -0.292. The second kappa shape index (κ2) is 8.39. The Morgan fingerprint density at radius 3 is 1.88 bits per heavy atom. The van der Waals surface area contributed by atoms with Gasteiger partial charge in [-0.15, -0.1) is 0 Å². The minimum absolute atomic E-state index is 0.198. The van der Waals surface area contributed by atoms with Crippen LogP contribution in [0.4, 0.5) is 0 Å². The molecule has 7 heteroatoms. The third kappa shape index (κ3) is 7.73. The summed E-state index contributed by atoms with van der Waals surface area (Å²) in [5, 5.41) is 1.27. The first-order chi connectivity index (χ1) is 10.8. The first-order valence-electron chi connectivity index (χ1n) is 8.35. The molecule has 1 rings (SSSR count). The van der Waals surface area contributed by atoms with Gasteiger partial charge in [0.1, 0.15) is 5.91 Å². The summed E-state index contributed by atoms with van der Waals surface area (Å²) in [5.74, 6) is -0.244. The van der Waals surface area contributed by atoms with Crippen molar-refractivity contribution >= 4 is 46.0 Å². The fraction of sp³-hybridized carbons (Fsp3) is 0.529. The van der Waals surface area contributed by atoms with Crippen LogP contribution < -0.4 is 5.19 Å². The van der Waals surface area contributed by atoms with E-state index in [9.17, 15) is 0 Å². The fourth-order valence-electron chi connectivity index (χ4n) is 2.19.